The molecule has 0 aromatic rings. The molecule has 4 atom stereocenters. The van der Waals surface area contributed by atoms with Crippen molar-refractivity contribution in [2.45, 2.75) is 76.3 Å². The van der Waals surface area contributed by atoms with Crippen molar-refractivity contribution >= 4 is 0 Å². The molecule has 1 saturated heterocycles. The molecule has 18 heavy (non-hydrogen) atoms. The van der Waals surface area contributed by atoms with Gasteiger partial charge in [-0.3, -0.25) is 0 Å². The van der Waals surface area contributed by atoms with E-state index in [4.69, 9.17) is 5.73 Å². The van der Waals surface area contributed by atoms with Crippen LogP contribution in [0.4, 0.5) is 0 Å². The zero-order chi connectivity index (χ0) is 12.4. The van der Waals surface area contributed by atoms with Crippen LogP contribution in [0, 0.1) is 11.8 Å². The standard InChI is InChI=1S/C16H30N2/c17-15-8-3-6-13(15)10-12-18-11-4-7-14-5-1-2-9-16(14)18/h13-16H,1-12,17H2/t13?,14-,15?,16-/m1/s1. The number of hydrogen-bond donors (Lipinski definition) is 1. The summed E-state index contributed by atoms with van der Waals surface area (Å²) in [6.45, 7) is 2.70. The van der Waals surface area contributed by atoms with Gasteiger partial charge in [-0.2, -0.15) is 0 Å². The van der Waals surface area contributed by atoms with Gasteiger partial charge < -0.3 is 10.6 Å². The third kappa shape index (κ3) is 2.75. The van der Waals surface area contributed by atoms with Gasteiger partial charge in [-0.05, 0) is 69.9 Å². The molecule has 0 bridgehead atoms. The summed E-state index contributed by atoms with van der Waals surface area (Å²) in [4.78, 5) is 2.83. The van der Waals surface area contributed by atoms with Crippen LogP contribution in [0.2, 0.25) is 0 Å². The topological polar surface area (TPSA) is 29.3 Å². The highest BCUT2D eigenvalue weighted by atomic mass is 15.2. The average Bonchev–Trinajstić information content (AvgIpc) is 2.82. The van der Waals surface area contributed by atoms with Crippen molar-refractivity contribution in [2.75, 3.05) is 13.1 Å². The van der Waals surface area contributed by atoms with Crippen molar-refractivity contribution in [2.24, 2.45) is 17.6 Å². The minimum Gasteiger partial charge on any atom is -0.327 e. The molecule has 0 aromatic carbocycles. The first-order valence-electron chi connectivity index (χ1n) is 8.34. The largest absolute Gasteiger partial charge is 0.327 e. The molecule has 2 unspecified atom stereocenters. The molecule has 2 heteroatoms. The van der Waals surface area contributed by atoms with E-state index in [1.807, 2.05) is 0 Å². The van der Waals surface area contributed by atoms with E-state index < -0.39 is 0 Å². The van der Waals surface area contributed by atoms with Gasteiger partial charge in [0.1, 0.15) is 0 Å². The number of nitrogens with zero attached hydrogens (tertiary/aromatic N) is 1. The Morgan fingerprint density at radius 3 is 2.56 bits per heavy atom. The van der Waals surface area contributed by atoms with Crippen LogP contribution in [-0.4, -0.2) is 30.1 Å². The minimum atomic E-state index is 0.511. The second-order valence-corrected chi connectivity index (χ2v) is 6.93. The fourth-order valence-corrected chi connectivity index (χ4v) is 4.76. The molecule has 104 valence electrons. The van der Waals surface area contributed by atoms with Crippen molar-refractivity contribution in [1.82, 2.24) is 4.90 Å². The van der Waals surface area contributed by atoms with E-state index in [9.17, 15) is 0 Å². The molecule has 0 aromatic heterocycles. The van der Waals surface area contributed by atoms with Crippen molar-refractivity contribution in [1.29, 1.82) is 0 Å². The van der Waals surface area contributed by atoms with Crippen LogP contribution in [0.3, 0.4) is 0 Å². The summed E-state index contributed by atoms with van der Waals surface area (Å²) in [5.41, 5.74) is 6.21. The molecule has 3 fully saturated rings. The minimum absolute atomic E-state index is 0.511. The van der Waals surface area contributed by atoms with Crippen LogP contribution in [0.5, 0.6) is 0 Å². The molecule has 0 radical (unpaired) electrons. The fraction of sp³-hybridized carbons (Fsp3) is 1.00. The highest BCUT2D eigenvalue weighted by molar-refractivity contribution is 4.88. The van der Waals surface area contributed by atoms with Crippen molar-refractivity contribution in [3.8, 4) is 0 Å². The molecule has 2 N–H and O–H groups in total. The Labute approximate surface area is 112 Å². The van der Waals surface area contributed by atoms with Crippen LogP contribution < -0.4 is 5.73 Å². The van der Waals surface area contributed by atoms with E-state index in [0.717, 1.165) is 17.9 Å². The Balaban J connectivity index is 1.51. The fourth-order valence-electron chi connectivity index (χ4n) is 4.76. The summed E-state index contributed by atoms with van der Waals surface area (Å²) in [6.07, 6.45) is 14.3. The van der Waals surface area contributed by atoms with E-state index in [2.05, 4.69) is 4.90 Å². The summed E-state index contributed by atoms with van der Waals surface area (Å²) in [5.74, 6) is 1.86. The summed E-state index contributed by atoms with van der Waals surface area (Å²) < 4.78 is 0. The highest BCUT2D eigenvalue weighted by Crippen LogP contribution is 2.36. The number of fused-ring (bicyclic) bond motifs is 1. The lowest BCUT2D eigenvalue weighted by molar-refractivity contribution is 0.0559. The molecular weight excluding hydrogens is 220 g/mol. The normalized spacial score (nSPS) is 41.8. The summed E-state index contributed by atoms with van der Waals surface area (Å²) in [5, 5.41) is 0. The summed E-state index contributed by atoms with van der Waals surface area (Å²) in [7, 11) is 0. The lowest BCUT2D eigenvalue weighted by atomic mass is 9.78. The second-order valence-electron chi connectivity index (χ2n) is 6.93. The van der Waals surface area contributed by atoms with E-state index in [-0.39, 0.29) is 0 Å². The molecular formula is C16H30N2. The number of likely N-dealkylation sites (tertiary alicyclic amines) is 1. The maximum Gasteiger partial charge on any atom is 0.0123 e. The van der Waals surface area contributed by atoms with E-state index in [1.165, 1.54) is 77.3 Å². The van der Waals surface area contributed by atoms with Crippen LogP contribution in [0.25, 0.3) is 0 Å². The quantitative estimate of drug-likeness (QED) is 0.833. The van der Waals surface area contributed by atoms with Gasteiger partial charge in [-0.25, -0.2) is 0 Å². The number of hydrogen-bond acceptors (Lipinski definition) is 2. The zero-order valence-electron chi connectivity index (χ0n) is 11.8. The third-order valence-corrected chi connectivity index (χ3v) is 5.86. The zero-order valence-corrected chi connectivity index (χ0v) is 11.8. The van der Waals surface area contributed by atoms with Gasteiger partial charge in [0.25, 0.3) is 0 Å². The highest BCUT2D eigenvalue weighted by Gasteiger charge is 2.33. The Morgan fingerprint density at radius 1 is 0.889 bits per heavy atom. The smallest absolute Gasteiger partial charge is 0.0123 e. The Kier molecular flexibility index (Phi) is 4.25. The summed E-state index contributed by atoms with van der Waals surface area (Å²) >= 11 is 0. The van der Waals surface area contributed by atoms with Gasteiger partial charge >= 0.3 is 0 Å². The third-order valence-electron chi connectivity index (χ3n) is 5.86. The van der Waals surface area contributed by atoms with Crippen LogP contribution in [-0.2, 0) is 0 Å². The molecule has 0 amide bonds. The Morgan fingerprint density at radius 2 is 1.72 bits per heavy atom. The predicted molar refractivity (Wildman–Crippen MR) is 76.5 cm³/mol. The second kappa shape index (κ2) is 5.92. The lowest BCUT2D eigenvalue weighted by Gasteiger charge is -2.44. The molecule has 2 aliphatic carbocycles. The van der Waals surface area contributed by atoms with Crippen LogP contribution >= 0.6 is 0 Å². The molecule has 2 saturated carbocycles. The van der Waals surface area contributed by atoms with Crippen molar-refractivity contribution in [3.05, 3.63) is 0 Å². The van der Waals surface area contributed by atoms with Crippen molar-refractivity contribution in [3.63, 3.8) is 0 Å². The average molecular weight is 250 g/mol. The van der Waals surface area contributed by atoms with Gasteiger partial charge in [0.2, 0.25) is 0 Å². The van der Waals surface area contributed by atoms with E-state index in [1.54, 1.807) is 0 Å². The van der Waals surface area contributed by atoms with Gasteiger partial charge in [-0.1, -0.05) is 19.3 Å². The summed E-state index contributed by atoms with van der Waals surface area (Å²) in [6, 6.07) is 1.45. The Hall–Kier alpha value is -0.0800. The number of rotatable bonds is 3. The van der Waals surface area contributed by atoms with Gasteiger partial charge in [0.05, 0.1) is 0 Å². The molecule has 3 rings (SSSR count). The van der Waals surface area contributed by atoms with E-state index >= 15 is 0 Å². The number of piperidine rings is 1. The van der Waals surface area contributed by atoms with Crippen molar-refractivity contribution < 1.29 is 0 Å². The molecule has 0 spiro atoms. The molecule has 1 aliphatic heterocycles. The molecule has 2 nitrogen and oxygen atoms in total. The van der Waals surface area contributed by atoms with Crippen LogP contribution in [0.15, 0.2) is 0 Å². The van der Waals surface area contributed by atoms with Gasteiger partial charge in [-0.15, -0.1) is 0 Å². The van der Waals surface area contributed by atoms with Crippen LogP contribution in [0.1, 0.15) is 64.2 Å². The van der Waals surface area contributed by atoms with E-state index in [0.29, 0.717) is 6.04 Å². The first kappa shape index (κ1) is 12.9. The SMILES string of the molecule is NC1CCCC1CCN1CCC[C@H]2CCCC[C@H]21. The van der Waals surface area contributed by atoms with Gasteiger partial charge in [0.15, 0.2) is 0 Å². The van der Waals surface area contributed by atoms with Gasteiger partial charge in [0, 0.05) is 12.1 Å². The molecule has 3 aliphatic rings. The first-order chi connectivity index (χ1) is 8.84. The first-order valence-corrected chi connectivity index (χ1v) is 8.34. The lowest BCUT2D eigenvalue weighted by Crippen LogP contribution is -2.47. The Bertz CT molecular complexity index is 264. The predicted octanol–water partition coefficient (Wildman–Crippen LogP) is 3.16. The number of nitrogens with two attached hydrogens (primary N) is 1. The molecule has 1 heterocycles. The monoisotopic (exact) mass is 250 g/mol. The maximum atomic E-state index is 6.21. The maximum absolute atomic E-state index is 6.21.